The van der Waals surface area contributed by atoms with Gasteiger partial charge in [0.2, 0.25) is 12.2 Å². The standard InChI is InChI=1S/C26H22INO7/c1-15-6-10-17(11-7-15)25(32)34-21(23(29)28-20-5-3-4-19(27)14-20)22(24(30)31)35-26(33)18-12-8-16(2)9-13-18/h3-14,21-22H,1-2H3,(H,28,29)(H,30,31)/t21-,22-/m0/s1. The molecule has 0 fully saturated rings. The second-order valence-electron chi connectivity index (χ2n) is 7.72. The quantitative estimate of drug-likeness (QED) is 0.297. The van der Waals surface area contributed by atoms with Crippen molar-refractivity contribution in [3.8, 4) is 0 Å². The lowest BCUT2D eigenvalue weighted by Crippen LogP contribution is -2.48. The average Bonchev–Trinajstić information content (AvgIpc) is 2.81. The number of carboxylic acids is 1. The summed E-state index contributed by atoms with van der Waals surface area (Å²) in [5, 5.41) is 12.3. The van der Waals surface area contributed by atoms with E-state index in [2.05, 4.69) is 5.32 Å². The second kappa shape index (κ2) is 11.6. The predicted octanol–water partition coefficient (Wildman–Crippen LogP) is 4.38. The summed E-state index contributed by atoms with van der Waals surface area (Å²) >= 11 is 2.05. The summed E-state index contributed by atoms with van der Waals surface area (Å²) in [5.41, 5.74) is 2.33. The molecule has 0 aliphatic rings. The molecule has 2 atom stereocenters. The Balaban J connectivity index is 1.90. The molecule has 3 rings (SSSR count). The third kappa shape index (κ3) is 7.12. The van der Waals surface area contributed by atoms with E-state index in [9.17, 15) is 24.3 Å². The van der Waals surface area contributed by atoms with Crippen molar-refractivity contribution in [1.29, 1.82) is 0 Å². The Hall–Kier alpha value is -3.73. The lowest BCUT2D eigenvalue weighted by Gasteiger charge is -2.23. The Kier molecular flexibility index (Phi) is 8.58. The van der Waals surface area contributed by atoms with E-state index in [1.807, 2.05) is 36.4 Å². The number of ether oxygens (including phenoxy) is 2. The zero-order chi connectivity index (χ0) is 25.5. The van der Waals surface area contributed by atoms with Gasteiger partial charge in [0.15, 0.2) is 0 Å². The van der Waals surface area contributed by atoms with Gasteiger partial charge in [-0.05, 0) is 78.9 Å². The summed E-state index contributed by atoms with van der Waals surface area (Å²) in [7, 11) is 0. The van der Waals surface area contributed by atoms with Crippen molar-refractivity contribution in [1.82, 2.24) is 0 Å². The van der Waals surface area contributed by atoms with Crippen molar-refractivity contribution in [2.75, 3.05) is 5.32 Å². The van der Waals surface area contributed by atoms with Crippen LogP contribution in [0.25, 0.3) is 0 Å². The van der Waals surface area contributed by atoms with Gasteiger partial charge < -0.3 is 19.9 Å². The molecule has 0 saturated heterocycles. The van der Waals surface area contributed by atoms with Gasteiger partial charge in [-0.25, -0.2) is 14.4 Å². The van der Waals surface area contributed by atoms with Crippen LogP contribution in [-0.2, 0) is 19.1 Å². The first kappa shape index (κ1) is 25.9. The van der Waals surface area contributed by atoms with Crippen LogP contribution < -0.4 is 5.32 Å². The van der Waals surface area contributed by atoms with Gasteiger partial charge in [0.1, 0.15) is 0 Å². The lowest BCUT2D eigenvalue weighted by molar-refractivity contribution is -0.157. The summed E-state index contributed by atoms with van der Waals surface area (Å²) in [6.45, 7) is 3.66. The molecule has 9 heteroatoms. The number of nitrogens with one attached hydrogen (secondary N) is 1. The Bertz CT molecular complexity index is 1240. The van der Waals surface area contributed by atoms with Gasteiger partial charge in [-0.1, -0.05) is 41.5 Å². The van der Waals surface area contributed by atoms with Gasteiger partial charge in [-0.2, -0.15) is 0 Å². The number of amides is 1. The van der Waals surface area contributed by atoms with Crippen LogP contribution >= 0.6 is 22.6 Å². The molecule has 0 saturated carbocycles. The van der Waals surface area contributed by atoms with E-state index >= 15 is 0 Å². The van der Waals surface area contributed by atoms with Gasteiger partial charge in [0, 0.05) is 9.26 Å². The predicted molar refractivity (Wildman–Crippen MR) is 136 cm³/mol. The molecule has 0 aromatic heterocycles. The molecular formula is C26H22INO7. The lowest BCUT2D eigenvalue weighted by atomic mass is 10.1. The monoisotopic (exact) mass is 587 g/mol. The van der Waals surface area contributed by atoms with E-state index in [-0.39, 0.29) is 11.1 Å². The molecule has 0 aliphatic carbocycles. The highest BCUT2D eigenvalue weighted by Crippen LogP contribution is 2.18. The first-order valence-electron chi connectivity index (χ1n) is 10.5. The molecule has 180 valence electrons. The van der Waals surface area contributed by atoms with Gasteiger partial charge in [-0.15, -0.1) is 0 Å². The van der Waals surface area contributed by atoms with Crippen LogP contribution in [0.4, 0.5) is 5.69 Å². The molecule has 3 aromatic rings. The number of carbonyl (C=O) groups excluding carboxylic acids is 3. The van der Waals surface area contributed by atoms with Crippen LogP contribution in [0.5, 0.6) is 0 Å². The molecule has 8 nitrogen and oxygen atoms in total. The van der Waals surface area contributed by atoms with Crippen LogP contribution in [0.1, 0.15) is 31.8 Å². The minimum Gasteiger partial charge on any atom is -0.478 e. The van der Waals surface area contributed by atoms with Gasteiger partial charge in [-0.3, -0.25) is 4.79 Å². The number of aliphatic carboxylic acids is 1. The average molecular weight is 587 g/mol. The third-order valence-electron chi connectivity index (χ3n) is 4.91. The maximum absolute atomic E-state index is 13.1. The zero-order valence-electron chi connectivity index (χ0n) is 18.9. The Labute approximate surface area is 215 Å². The first-order valence-corrected chi connectivity index (χ1v) is 11.6. The van der Waals surface area contributed by atoms with E-state index < -0.39 is 36.0 Å². The minimum atomic E-state index is -2.10. The molecule has 0 heterocycles. The smallest absolute Gasteiger partial charge is 0.349 e. The molecule has 0 spiro atoms. The molecule has 35 heavy (non-hydrogen) atoms. The molecule has 2 N–H and O–H groups in total. The number of carbonyl (C=O) groups is 4. The second-order valence-corrected chi connectivity index (χ2v) is 8.97. The normalized spacial score (nSPS) is 12.2. The Morgan fingerprint density at radius 2 is 1.26 bits per heavy atom. The van der Waals surface area contributed by atoms with Crippen molar-refractivity contribution < 1.29 is 33.8 Å². The molecular weight excluding hydrogens is 565 g/mol. The highest BCUT2D eigenvalue weighted by molar-refractivity contribution is 14.1. The van der Waals surface area contributed by atoms with Crippen LogP contribution in [0.3, 0.4) is 0 Å². The van der Waals surface area contributed by atoms with Gasteiger partial charge in [0.25, 0.3) is 5.91 Å². The van der Waals surface area contributed by atoms with Crippen LogP contribution in [-0.4, -0.2) is 41.1 Å². The number of rotatable bonds is 8. The van der Waals surface area contributed by atoms with Crippen LogP contribution in [0, 0.1) is 17.4 Å². The molecule has 3 aromatic carbocycles. The zero-order valence-corrected chi connectivity index (χ0v) is 21.0. The molecule has 1 amide bonds. The fourth-order valence-corrected chi connectivity index (χ4v) is 3.56. The summed E-state index contributed by atoms with van der Waals surface area (Å²) in [6.07, 6.45) is -4.06. The SMILES string of the molecule is Cc1ccc(C(=O)O[C@H](C(=O)O)[C@H](OC(=O)c2ccc(C)cc2)C(=O)Nc2cccc(I)c2)cc1. The number of hydrogen-bond acceptors (Lipinski definition) is 6. The Morgan fingerprint density at radius 1 is 0.771 bits per heavy atom. The van der Waals surface area contributed by atoms with E-state index in [0.717, 1.165) is 14.7 Å². The summed E-state index contributed by atoms with van der Waals surface area (Å²) in [6, 6.07) is 19.3. The third-order valence-corrected chi connectivity index (χ3v) is 5.58. The van der Waals surface area contributed by atoms with E-state index in [0.29, 0.717) is 5.69 Å². The van der Waals surface area contributed by atoms with E-state index in [1.165, 1.54) is 24.3 Å². The summed E-state index contributed by atoms with van der Waals surface area (Å²) < 4.78 is 11.3. The summed E-state index contributed by atoms with van der Waals surface area (Å²) in [4.78, 5) is 50.6. The van der Waals surface area contributed by atoms with Crippen LogP contribution in [0.15, 0.2) is 72.8 Å². The highest BCUT2D eigenvalue weighted by atomic mass is 127. The fourth-order valence-electron chi connectivity index (χ4n) is 3.02. The number of halogens is 1. The van der Waals surface area contributed by atoms with Crippen molar-refractivity contribution in [2.45, 2.75) is 26.1 Å². The van der Waals surface area contributed by atoms with Crippen molar-refractivity contribution >= 4 is 52.1 Å². The molecule has 0 bridgehead atoms. The van der Waals surface area contributed by atoms with Gasteiger partial charge in [0.05, 0.1) is 11.1 Å². The number of hydrogen-bond donors (Lipinski definition) is 2. The first-order chi connectivity index (χ1) is 16.6. The molecule has 0 radical (unpaired) electrons. The minimum absolute atomic E-state index is 0.0866. The van der Waals surface area contributed by atoms with E-state index in [4.69, 9.17) is 9.47 Å². The number of anilines is 1. The largest absolute Gasteiger partial charge is 0.478 e. The molecule has 0 aliphatic heterocycles. The van der Waals surface area contributed by atoms with E-state index in [1.54, 1.807) is 48.5 Å². The maximum Gasteiger partial charge on any atom is 0.349 e. The molecule has 0 unspecified atom stereocenters. The maximum atomic E-state index is 13.1. The van der Waals surface area contributed by atoms with Gasteiger partial charge >= 0.3 is 17.9 Å². The van der Waals surface area contributed by atoms with Crippen molar-refractivity contribution in [3.63, 3.8) is 0 Å². The number of benzene rings is 3. The van der Waals surface area contributed by atoms with Crippen molar-refractivity contribution in [3.05, 3.63) is 98.6 Å². The highest BCUT2D eigenvalue weighted by Gasteiger charge is 2.41. The van der Waals surface area contributed by atoms with Crippen molar-refractivity contribution in [2.24, 2.45) is 0 Å². The number of esters is 2. The topological polar surface area (TPSA) is 119 Å². The Morgan fingerprint density at radius 3 is 1.71 bits per heavy atom. The number of carboxylic acid groups (broad SMARTS) is 1. The summed E-state index contributed by atoms with van der Waals surface area (Å²) in [5.74, 6) is -4.53. The number of aryl methyl sites for hydroxylation is 2. The fraction of sp³-hybridized carbons (Fsp3) is 0.154. The van der Waals surface area contributed by atoms with Crippen LogP contribution in [0.2, 0.25) is 0 Å².